The van der Waals surface area contributed by atoms with E-state index in [0.29, 0.717) is 12.0 Å². The zero-order chi connectivity index (χ0) is 7.61. The lowest BCUT2D eigenvalue weighted by Gasteiger charge is -2.21. The minimum absolute atomic E-state index is 0. The number of hydrogen-bond acceptors (Lipinski definition) is 2. The van der Waals surface area contributed by atoms with Crippen LogP contribution in [0.5, 0.6) is 0 Å². The molecular formula is C7H11FN2. The second-order valence-corrected chi connectivity index (χ2v) is 2.58. The van der Waals surface area contributed by atoms with Crippen LogP contribution in [0, 0.1) is 11.3 Å². The van der Waals surface area contributed by atoms with Crippen molar-refractivity contribution in [3.05, 3.63) is 11.6 Å². The average Bonchev–Trinajstić information content (AvgIpc) is 1.88. The summed E-state index contributed by atoms with van der Waals surface area (Å²) >= 11 is 0. The van der Waals surface area contributed by atoms with Crippen LogP contribution in [0.2, 0.25) is 0 Å². The third-order valence-corrected chi connectivity index (χ3v) is 1.64. The van der Waals surface area contributed by atoms with Gasteiger partial charge in [0.05, 0.1) is 6.07 Å². The lowest BCUT2D eigenvalue weighted by atomic mass is 9.95. The van der Waals surface area contributed by atoms with Crippen LogP contribution in [0.25, 0.3) is 0 Å². The summed E-state index contributed by atoms with van der Waals surface area (Å²) < 4.78 is 12.8. The fourth-order valence-corrected chi connectivity index (χ4v) is 0.941. The van der Waals surface area contributed by atoms with Gasteiger partial charge < -0.3 is 0 Å². The molecule has 3 heteroatoms. The Hall–Kier alpha value is -0.880. The Morgan fingerprint density at radius 2 is 2.60 bits per heavy atom. The van der Waals surface area contributed by atoms with Crippen molar-refractivity contribution in [3.8, 4) is 6.07 Å². The second kappa shape index (κ2) is 2.39. The van der Waals surface area contributed by atoms with Gasteiger partial charge in [-0.2, -0.15) is 5.26 Å². The largest absolute Gasteiger partial charge is 0.299 e. The van der Waals surface area contributed by atoms with E-state index in [4.69, 9.17) is 11.0 Å². The minimum Gasteiger partial charge on any atom is -0.299 e. The molecule has 0 amide bonds. The van der Waals surface area contributed by atoms with E-state index in [0.717, 1.165) is 0 Å². The SMILES string of the molecule is N#CC1=CCC(N)(F)CC1.[HH]. The molecule has 2 N–H and O–H groups in total. The van der Waals surface area contributed by atoms with Crippen LogP contribution in [0.1, 0.15) is 20.7 Å². The molecule has 0 aromatic heterocycles. The summed E-state index contributed by atoms with van der Waals surface area (Å²) in [6.07, 6.45) is 2.50. The van der Waals surface area contributed by atoms with Gasteiger partial charge in [-0.25, -0.2) is 4.39 Å². The monoisotopic (exact) mass is 142 g/mol. The molecule has 1 rings (SSSR count). The predicted molar refractivity (Wildman–Crippen MR) is 37.7 cm³/mol. The summed E-state index contributed by atoms with van der Waals surface area (Å²) in [5, 5.41) is 8.38. The van der Waals surface area contributed by atoms with Crippen molar-refractivity contribution < 1.29 is 5.82 Å². The molecule has 0 spiro atoms. The molecule has 1 aliphatic rings. The molecule has 0 heterocycles. The first-order valence-electron chi connectivity index (χ1n) is 3.21. The van der Waals surface area contributed by atoms with E-state index in [1.165, 1.54) is 0 Å². The first-order chi connectivity index (χ1) is 4.64. The fraction of sp³-hybridized carbons (Fsp3) is 0.571. The number of nitrogens with zero attached hydrogens (tertiary/aromatic N) is 1. The molecule has 1 atom stereocenters. The highest BCUT2D eigenvalue weighted by atomic mass is 19.1. The number of nitrogens with two attached hydrogens (primary N) is 1. The summed E-state index contributed by atoms with van der Waals surface area (Å²) in [6.45, 7) is 0. The molecule has 0 radical (unpaired) electrons. The normalized spacial score (nSPS) is 32.7. The molecule has 0 aliphatic heterocycles. The maximum atomic E-state index is 12.8. The number of rotatable bonds is 0. The zero-order valence-electron chi connectivity index (χ0n) is 5.60. The van der Waals surface area contributed by atoms with Crippen LogP contribution in [-0.2, 0) is 0 Å². The van der Waals surface area contributed by atoms with Gasteiger partial charge >= 0.3 is 0 Å². The number of nitriles is 1. The van der Waals surface area contributed by atoms with Crippen LogP contribution < -0.4 is 5.73 Å². The average molecular weight is 142 g/mol. The van der Waals surface area contributed by atoms with E-state index in [9.17, 15) is 4.39 Å². The van der Waals surface area contributed by atoms with Gasteiger partial charge in [-0.3, -0.25) is 5.73 Å². The van der Waals surface area contributed by atoms with Crippen LogP contribution >= 0.6 is 0 Å². The molecule has 56 valence electrons. The van der Waals surface area contributed by atoms with Gasteiger partial charge in [0.1, 0.15) is 0 Å². The molecule has 0 bridgehead atoms. The van der Waals surface area contributed by atoms with Gasteiger partial charge in [-0.15, -0.1) is 0 Å². The summed E-state index contributed by atoms with van der Waals surface area (Å²) in [7, 11) is 0. The maximum Gasteiger partial charge on any atom is 0.163 e. The lowest BCUT2D eigenvalue weighted by Crippen LogP contribution is -2.35. The van der Waals surface area contributed by atoms with Gasteiger partial charge in [0.2, 0.25) is 0 Å². The van der Waals surface area contributed by atoms with E-state index in [2.05, 4.69) is 0 Å². The van der Waals surface area contributed by atoms with E-state index >= 15 is 0 Å². The maximum absolute atomic E-state index is 12.8. The first-order valence-corrected chi connectivity index (χ1v) is 3.21. The van der Waals surface area contributed by atoms with Crippen molar-refractivity contribution in [2.24, 2.45) is 5.73 Å². The van der Waals surface area contributed by atoms with Gasteiger partial charge in [-0.1, -0.05) is 6.08 Å². The van der Waals surface area contributed by atoms with E-state index in [-0.39, 0.29) is 14.3 Å². The molecule has 10 heavy (non-hydrogen) atoms. The number of alkyl halides is 1. The lowest BCUT2D eigenvalue weighted by molar-refractivity contribution is 0.156. The summed E-state index contributed by atoms with van der Waals surface area (Å²) in [6, 6.07) is 1.98. The summed E-state index contributed by atoms with van der Waals surface area (Å²) in [5.41, 5.74) is 5.83. The molecule has 1 unspecified atom stereocenters. The Morgan fingerprint density at radius 3 is 3.00 bits per heavy atom. The van der Waals surface area contributed by atoms with Crippen molar-refractivity contribution in [2.75, 3.05) is 0 Å². The molecule has 0 saturated heterocycles. The van der Waals surface area contributed by atoms with Crippen LogP contribution in [0.15, 0.2) is 11.6 Å². The third-order valence-electron chi connectivity index (χ3n) is 1.64. The summed E-state index contributed by atoms with van der Waals surface area (Å²) in [4.78, 5) is 0. The molecule has 0 fully saturated rings. The third kappa shape index (κ3) is 1.55. The highest BCUT2D eigenvalue weighted by molar-refractivity contribution is 5.23. The zero-order valence-corrected chi connectivity index (χ0v) is 5.60. The Morgan fingerprint density at radius 1 is 1.90 bits per heavy atom. The number of hydrogen-bond donors (Lipinski definition) is 1. The number of allylic oxidation sites excluding steroid dienone is 1. The highest BCUT2D eigenvalue weighted by Gasteiger charge is 2.26. The van der Waals surface area contributed by atoms with E-state index in [1.54, 1.807) is 6.08 Å². The Balaban J connectivity index is 0.000001000. The van der Waals surface area contributed by atoms with Gasteiger partial charge in [-0.05, 0) is 12.8 Å². The number of halogens is 1. The Bertz CT molecular complexity index is 205. The van der Waals surface area contributed by atoms with E-state index in [1.807, 2.05) is 6.07 Å². The molecule has 0 saturated carbocycles. The predicted octanol–water partition coefficient (Wildman–Crippen LogP) is 1.49. The Kier molecular flexibility index (Phi) is 1.73. The van der Waals surface area contributed by atoms with Gasteiger partial charge in [0, 0.05) is 13.4 Å². The van der Waals surface area contributed by atoms with Crippen molar-refractivity contribution >= 4 is 0 Å². The van der Waals surface area contributed by atoms with Crippen LogP contribution in [-0.4, -0.2) is 5.79 Å². The Labute approximate surface area is 60.6 Å². The minimum atomic E-state index is -1.57. The van der Waals surface area contributed by atoms with Crippen LogP contribution in [0.4, 0.5) is 4.39 Å². The second-order valence-electron chi connectivity index (χ2n) is 2.58. The topological polar surface area (TPSA) is 49.8 Å². The van der Waals surface area contributed by atoms with Crippen molar-refractivity contribution in [1.29, 1.82) is 5.26 Å². The van der Waals surface area contributed by atoms with E-state index < -0.39 is 5.79 Å². The molecule has 0 aromatic rings. The standard InChI is InChI=1S/C7H9FN2.H2/c8-7(10)3-1-6(5-9)2-4-7;/h1H,2-4,10H2;1H. The smallest absolute Gasteiger partial charge is 0.163 e. The first kappa shape index (κ1) is 7.23. The molecule has 2 nitrogen and oxygen atoms in total. The molecule has 1 aliphatic carbocycles. The molecule has 0 aromatic carbocycles. The van der Waals surface area contributed by atoms with Crippen molar-refractivity contribution in [1.82, 2.24) is 0 Å². The van der Waals surface area contributed by atoms with Crippen LogP contribution in [0.3, 0.4) is 0 Å². The van der Waals surface area contributed by atoms with Gasteiger partial charge in [0.15, 0.2) is 5.79 Å². The van der Waals surface area contributed by atoms with Crippen molar-refractivity contribution in [2.45, 2.75) is 25.1 Å². The summed E-state index contributed by atoms with van der Waals surface area (Å²) in [5.74, 6) is -1.57. The van der Waals surface area contributed by atoms with Gasteiger partial charge in [0.25, 0.3) is 0 Å². The highest BCUT2D eigenvalue weighted by Crippen LogP contribution is 2.25. The fourth-order valence-electron chi connectivity index (χ4n) is 0.941. The van der Waals surface area contributed by atoms with Crippen molar-refractivity contribution in [3.63, 3.8) is 0 Å². The molecular weight excluding hydrogens is 131 g/mol. The quantitative estimate of drug-likeness (QED) is 0.521.